The molecule has 15 heavy (non-hydrogen) atoms. The minimum absolute atomic E-state index is 0.0797. The van der Waals surface area contributed by atoms with Crippen molar-refractivity contribution in [2.45, 2.75) is 25.3 Å². The summed E-state index contributed by atoms with van der Waals surface area (Å²) in [7, 11) is 2.03. The van der Waals surface area contributed by atoms with E-state index in [2.05, 4.69) is 10.1 Å². The highest BCUT2D eigenvalue weighted by Gasteiger charge is 2.24. The average Bonchev–Trinajstić information content (AvgIpc) is 2.67. The Morgan fingerprint density at radius 1 is 1.67 bits per heavy atom. The number of nitrogens with zero attached hydrogens (tertiary/aromatic N) is 2. The molecule has 2 heterocycles. The normalized spacial score (nSPS) is 22.9. The Kier molecular flexibility index (Phi) is 2.73. The molecule has 0 bridgehead atoms. The number of likely N-dealkylation sites (tertiary alicyclic amines) is 1. The highest BCUT2D eigenvalue weighted by Crippen LogP contribution is 2.28. The van der Waals surface area contributed by atoms with Crippen LogP contribution in [0.3, 0.4) is 0 Å². The molecule has 5 heteroatoms. The highest BCUT2D eigenvalue weighted by molar-refractivity contribution is 5.84. The Labute approximate surface area is 87.7 Å². The molecule has 1 aromatic rings. The summed E-state index contributed by atoms with van der Waals surface area (Å²) in [6.07, 6.45) is 3.36. The van der Waals surface area contributed by atoms with Gasteiger partial charge in [0.1, 0.15) is 5.69 Å². The van der Waals surface area contributed by atoms with Gasteiger partial charge in [0.25, 0.3) is 0 Å². The van der Waals surface area contributed by atoms with Gasteiger partial charge in [0, 0.05) is 6.07 Å². The summed E-state index contributed by atoms with van der Waals surface area (Å²) in [5.74, 6) is -1.14. The fourth-order valence-corrected chi connectivity index (χ4v) is 2.00. The van der Waals surface area contributed by atoms with Gasteiger partial charge in [-0.1, -0.05) is 11.6 Å². The van der Waals surface area contributed by atoms with Crippen LogP contribution < -0.4 is 0 Å². The van der Waals surface area contributed by atoms with E-state index in [1.807, 2.05) is 7.05 Å². The predicted octanol–water partition coefficient (Wildman–Crippen LogP) is 1.53. The first-order chi connectivity index (χ1) is 7.18. The fourth-order valence-electron chi connectivity index (χ4n) is 2.00. The van der Waals surface area contributed by atoms with E-state index in [4.69, 9.17) is 9.63 Å². The maximum Gasteiger partial charge on any atom is 0.374 e. The van der Waals surface area contributed by atoms with E-state index in [0.717, 1.165) is 25.1 Å². The second-order valence-corrected chi connectivity index (χ2v) is 3.91. The molecule has 1 saturated heterocycles. The molecular formula is C10H14N2O3. The second-order valence-electron chi connectivity index (χ2n) is 3.91. The van der Waals surface area contributed by atoms with E-state index >= 15 is 0 Å². The molecular weight excluding hydrogens is 196 g/mol. The van der Waals surface area contributed by atoms with Crippen molar-refractivity contribution in [2.24, 2.45) is 0 Å². The number of carboxylic acids is 1. The maximum atomic E-state index is 10.6. The zero-order valence-corrected chi connectivity index (χ0v) is 8.64. The first-order valence-electron chi connectivity index (χ1n) is 5.08. The van der Waals surface area contributed by atoms with E-state index in [1.165, 1.54) is 12.5 Å². The molecule has 0 radical (unpaired) electrons. The quantitative estimate of drug-likeness (QED) is 0.801. The van der Waals surface area contributed by atoms with Crippen LogP contribution in [0.2, 0.25) is 0 Å². The van der Waals surface area contributed by atoms with Crippen molar-refractivity contribution in [3.63, 3.8) is 0 Å². The van der Waals surface area contributed by atoms with Crippen molar-refractivity contribution < 1.29 is 14.4 Å². The van der Waals surface area contributed by atoms with Crippen LogP contribution in [-0.2, 0) is 0 Å². The van der Waals surface area contributed by atoms with Crippen LogP contribution in [0.4, 0.5) is 0 Å². The lowest BCUT2D eigenvalue weighted by Gasteiger charge is -2.30. The molecule has 0 spiro atoms. The van der Waals surface area contributed by atoms with E-state index in [0.29, 0.717) is 0 Å². The van der Waals surface area contributed by atoms with Gasteiger partial charge in [0.2, 0.25) is 5.76 Å². The molecule has 2 rings (SSSR count). The Morgan fingerprint density at radius 2 is 2.47 bits per heavy atom. The first-order valence-corrected chi connectivity index (χ1v) is 5.08. The predicted molar refractivity (Wildman–Crippen MR) is 52.7 cm³/mol. The van der Waals surface area contributed by atoms with Gasteiger partial charge in [-0.15, -0.1) is 0 Å². The lowest BCUT2D eigenvalue weighted by Crippen LogP contribution is -2.29. The molecule has 0 amide bonds. The van der Waals surface area contributed by atoms with Crippen LogP contribution in [0, 0.1) is 0 Å². The van der Waals surface area contributed by atoms with Gasteiger partial charge in [0.05, 0.1) is 6.04 Å². The van der Waals surface area contributed by atoms with Crippen molar-refractivity contribution in [3.8, 4) is 0 Å². The molecule has 0 aliphatic carbocycles. The molecule has 1 aliphatic rings. The molecule has 5 nitrogen and oxygen atoms in total. The Balaban J connectivity index is 2.17. The van der Waals surface area contributed by atoms with Crippen molar-refractivity contribution in [1.29, 1.82) is 0 Å². The largest absolute Gasteiger partial charge is 0.475 e. The molecule has 1 N–H and O–H groups in total. The maximum absolute atomic E-state index is 10.6. The monoisotopic (exact) mass is 210 g/mol. The summed E-state index contributed by atoms with van der Waals surface area (Å²) < 4.78 is 4.75. The molecule has 1 atom stereocenters. The number of rotatable bonds is 2. The number of aromatic carboxylic acids is 1. The van der Waals surface area contributed by atoms with Gasteiger partial charge < -0.3 is 9.63 Å². The number of carboxylic acid groups (broad SMARTS) is 1. The van der Waals surface area contributed by atoms with E-state index < -0.39 is 5.97 Å². The standard InChI is InChI=1S/C10H14N2O3/c1-12-5-3-2-4-8(12)7-6-9(10(13)14)15-11-7/h6,8H,2-5H2,1H3,(H,13,14). The van der Waals surface area contributed by atoms with Crippen molar-refractivity contribution in [1.82, 2.24) is 10.1 Å². The third kappa shape index (κ3) is 2.02. The fraction of sp³-hybridized carbons (Fsp3) is 0.600. The van der Waals surface area contributed by atoms with Gasteiger partial charge in [0.15, 0.2) is 0 Å². The summed E-state index contributed by atoms with van der Waals surface area (Å²) in [6, 6.07) is 1.73. The lowest BCUT2D eigenvalue weighted by atomic mass is 10.00. The summed E-state index contributed by atoms with van der Waals surface area (Å²) in [5, 5.41) is 12.5. The van der Waals surface area contributed by atoms with E-state index in [-0.39, 0.29) is 11.8 Å². The number of aromatic nitrogens is 1. The topological polar surface area (TPSA) is 66.6 Å². The summed E-state index contributed by atoms with van der Waals surface area (Å²) in [6.45, 7) is 1.03. The molecule has 82 valence electrons. The number of carbonyl (C=O) groups is 1. The first kappa shape index (κ1) is 10.2. The van der Waals surface area contributed by atoms with E-state index in [1.54, 1.807) is 0 Å². The van der Waals surface area contributed by atoms with E-state index in [9.17, 15) is 4.79 Å². The van der Waals surface area contributed by atoms with Crippen molar-refractivity contribution in [3.05, 3.63) is 17.5 Å². The molecule has 1 aromatic heterocycles. The van der Waals surface area contributed by atoms with Crippen LogP contribution in [0.1, 0.15) is 41.6 Å². The minimum Gasteiger partial charge on any atom is -0.475 e. The molecule has 1 aliphatic heterocycles. The number of hydrogen-bond acceptors (Lipinski definition) is 4. The van der Waals surface area contributed by atoms with Crippen LogP contribution in [0.25, 0.3) is 0 Å². The molecule has 0 aromatic carbocycles. The zero-order valence-electron chi connectivity index (χ0n) is 8.64. The molecule has 0 saturated carbocycles. The van der Waals surface area contributed by atoms with Gasteiger partial charge in [-0.05, 0) is 26.4 Å². The highest BCUT2D eigenvalue weighted by atomic mass is 16.5. The third-order valence-electron chi connectivity index (χ3n) is 2.85. The lowest BCUT2D eigenvalue weighted by molar-refractivity contribution is 0.0651. The average molecular weight is 210 g/mol. The Bertz CT molecular complexity index is 361. The second kappa shape index (κ2) is 4.02. The third-order valence-corrected chi connectivity index (χ3v) is 2.85. The van der Waals surface area contributed by atoms with Gasteiger partial charge in [-0.3, -0.25) is 4.90 Å². The summed E-state index contributed by atoms with van der Waals surface area (Å²) in [4.78, 5) is 12.8. The summed E-state index contributed by atoms with van der Waals surface area (Å²) >= 11 is 0. The number of piperidine rings is 1. The number of hydrogen-bond donors (Lipinski definition) is 1. The van der Waals surface area contributed by atoms with Crippen LogP contribution in [0.5, 0.6) is 0 Å². The summed E-state index contributed by atoms with van der Waals surface area (Å²) in [5.41, 5.74) is 0.731. The minimum atomic E-state index is -1.06. The molecule has 1 unspecified atom stereocenters. The SMILES string of the molecule is CN1CCCCC1c1cc(C(=O)O)on1. The van der Waals surface area contributed by atoms with Gasteiger partial charge in [-0.2, -0.15) is 0 Å². The van der Waals surface area contributed by atoms with Crippen LogP contribution >= 0.6 is 0 Å². The van der Waals surface area contributed by atoms with Crippen LogP contribution in [0.15, 0.2) is 10.6 Å². The van der Waals surface area contributed by atoms with Crippen molar-refractivity contribution >= 4 is 5.97 Å². The Morgan fingerprint density at radius 3 is 3.07 bits per heavy atom. The zero-order chi connectivity index (χ0) is 10.8. The smallest absolute Gasteiger partial charge is 0.374 e. The van der Waals surface area contributed by atoms with Gasteiger partial charge >= 0.3 is 5.97 Å². The van der Waals surface area contributed by atoms with Crippen molar-refractivity contribution in [2.75, 3.05) is 13.6 Å². The molecule has 1 fully saturated rings. The Hall–Kier alpha value is -1.36. The van der Waals surface area contributed by atoms with Gasteiger partial charge in [-0.25, -0.2) is 4.79 Å². The van der Waals surface area contributed by atoms with Crippen LogP contribution in [-0.4, -0.2) is 34.7 Å².